The minimum Gasteiger partial charge on any atom is -0.349 e. The molecule has 0 aliphatic rings. The van der Waals surface area contributed by atoms with Crippen molar-refractivity contribution in [2.45, 2.75) is 12.0 Å². The van der Waals surface area contributed by atoms with E-state index in [9.17, 15) is 0 Å². The van der Waals surface area contributed by atoms with Crippen LogP contribution in [0.1, 0.15) is 5.56 Å². The van der Waals surface area contributed by atoms with E-state index in [4.69, 9.17) is 4.52 Å². The highest BCUT2D eigenvalue weighted by atomic mass is 32.2. The summed E-state index contributed by atoms with van der Waals surface area (Å²) in [7, 11) is 0. The van der Waals surface area contributed by atoms with E-state index in [1.165, 1.54) is 5.56 Å². The Morgan fingerprint density at radius 1 is 1.21 bits per heavy atom. The van der Waals surface area contributed by atoms with E-state index in [1.807, 2.05) is 12.3 Å². The highest BCUT2D eigenvalue weighted by molar-refractivity contribution is 7.98. The van der Waals surface area contributed by atoms with Crippen LogP contribution in [0.2, 0.25) is 0 Å². The van der Waals surface area contributed by atoms with E-state index in [0.717, 1.165) is 16.3 Å². The molecule has 0 radical (unpaired) electrons. The second-order valence-electron chi connectivity index (χ2n) is 3.10. The highest BCUT2D eigenvalue weighted by Crippen LogP contribution is 2.23. The van der Waals surface area contributed by atoms with Gasteiger partial charge in [-0.1, -0.05) is 46.7 Å². The van der Waals surface area contributed by atoms with Crippen LogP contribution >= 0.6 is 11.8 Å². The molecular formula is C11H11NOS. The van der Waals surface area contributed by atoms with Crippen molar-refractivity contribution in [2.75, 3.05) is 6.26 Å². The molecule has 0 fully saturated rings. The zero-order chi connectivity index (χ0) is 9.97. The number of aromatic nitrogens is 1. The summed E-state index contributed by atoms with van der Waals surface area (Å²) in [5, 5.41) is 4.84. The third-order valence-corrected chi connectivity index (χ3v) is 2.63. The molecule has 2 aromatic rings. The summed E-state index contributed by atoms with van der Waals surface area (Å²) >= 11 is 1.56. The minimum absolute atomic E-state index is 0.848. The van der Waals surface area contributed by atoms with Crippen LogP contribution in [-0.2, 0) is 0 Å². The summed E-state index contributed by atoms with van der Waals surface area (Å²) in [5.74, 6) is 0. The molecule has 1 aromatic carbocycles. The van der Waals surface area contributed by atoms with Crippen LogP contribution in [0.5, 0.6) is 0 Å². The Balaban J connectivity index is 2.34. The predicted molar refractivity (Wildman–Crippen MR) is 58.5 cm³/mol. The largest absolute Gasteiger partial charge is 0.349 e. The lowest BCUT2D eigenvalue weighted by molar-refractivity contribution is 0.352. The van der Waals surface area contributed by atoms with Gasteiger partial charge in [-0.25, -0.2) is 0 Å². The Bertz CT molecular complexity index is 419. The number of benzene rings is 1. The molecule has 1 heterocycles. The third kappa shape index (κ3) is 1.82. The van der Waals surface area contributed by atoms with Gasteiger partial charge in [0.15, 0.2) is 5.09 Å². The maximum atomic E-state index is 5.11. The van der Waals surface area contributed by atoms with Crippen molar-refractivity contribution in [3.05, 3.63) is 35.9 Å². The lowest BCUT2D eigenvalue weighted by atomic mass is 10.1. The van der Waals surface area contributed by atoms with E-state index >= 15 is 0 Å². The first-order valence-corrected chi connectivity index (χ1v) is 5.60. The minimum atomic E-state index is 0.848. The van der Waals surface area contributed by atoms with Crippen LogP contribution < -0.4 is 0 Å². The van der Waals surface area contributed by atoms with E-state index < -0.39 is 0 Å². The lowest BCUT2D eigenvalue weighted by Gasteiger charge is -1.95. The maximum Gasteiger partial charge on any atom is 0.193 e. The Labute approximate surface area is 87.3 Å². The van der Waals surface area contributed by atoms with E-state index in [1.54, 1.807) is 11.8 Å². The van der Waals surface area contributed by atoms with Gasteiger partial charge in [0.2, 0.25) is 0 Å². The van der Waals surface area contributed by atoms with Crippen molar-refractivity contribution < 1.29 is 4.52 Å². The van der Waals surface area contributed by atoms with Gasteiger partial charge in [0.05, 0.1) is 0 Å². The number of hydrogen-bond donors (Lipinski definition) is 0. The molecule has 14 heavy (non-hydrogen) atoms. The molecule has 0 saturated heterocycles. The molecular weight excluding hydrogens is 194 g/mol. The molecule has 0 N–H and O–H groups in total. The van der Waals surface area contributed by atoms with Gasteiger partial charge in [0.25, 0.3) is 0 Å². The van der Waals surface area contributed by atoms with Gasteiger partial charge in [-0.05, 0) is 13.2 Å². The average Bonchev–Trinajstić information content (AvgIpc) is 2.67. The van der Waals surface area contributed by atoms with Crippen molar-refractivity contribution in [1.29, 1.82) is 0 Å². The second kappa shape index (κ2) is 3.88. The molecule has 2 nitrogen and oxygen atoms in total. The standard InChI is InChI=1S/C11H11NOS/c1-8-3-5-9(6-4-8)10-7-11(14-2)13-12-10/h3-7H,1-2H3. The van der Waals surface area contributed by atoms with Crippen LogP contribution in [-0.4, -0.2) is 11.4 Å². The van der Waals surface area contributed by atoms with Gasteiger partial charge in [0.1, 0.15) is 5.69 Å². The summed E-state index contributed by atoms with van der Waals surface area (Å²) < 4.78 is 5.11. The van der Waals surface area contributed by atoms with Crippen molar-refractivity contribution in [2.24, 2.45) is 0 Å². The third-order valence-electron chi connectivity index (χ3n) is 2.04. The molecule has 0 bridgehead atoms. The molecule has 3 heteroatoms. The smallest absolute Gasteiger partial charge is 0.193 e. The molecule has 0 atom stereocenters. The molecule has 0 unspecified atom stereocenters. The summed E-state index contributed by atoms with van der Waals surface area (Å²) in [5.41, 5.74) is 3.25. The first-order chi connectivity index (χ1) is 6.79. The number of hydrogen-bond acceptors (Lipinski definition) is 3. The van der Waals surface area contributed by atoms with Crippen LogP contribution in [0.25, 0.3) is 11.3 Å². The van der Waals surface area contributed by atoms with Crippen molar-refractivity contribution >= 4 is 11.8 Å². The molecule has 1 aromatic heterocycles. The SMILES string of the molecule is CSc1cc(-c2ccc(C)cc2)no1. The number of rotatable bonds is 2. The molecule has 72 valence electrons. The van der Waals surface area contributed by atoms with Gasteiger partial charge in [-0.2, -0.15) is 0 Å². The normalized spacial score (nSPS) is 10.4. The fourth-order valence-corrected chi connectivity index (χ4v) is 1.56. The van der Waals surface area contributed by atoms with Gasteiger partial charge < -0.3 is 4.52 Å². The number of aryl methyl sites for hydroxylation is 1. The van der Waals surface area contributed by atoms with Crippen LogP contribution in [0.15, 0.2) is 39.9 Å². The zero-order valence-electron chi connectivity index (χ0n) is 8.15. The van der Waals surface area contributed by atoms with Gasteiger partial charge in [0, 0.05) is 11.6 Å². The van der Waals surface area contributed by atoms with Crippen molar-refractivity contribution in [3.8, 4) is 11.3 Å². The first-order valence-electron chi connectivity index (χ1n) is 4.37. The Morgan fingerprint density at radius 2 is 1.93 bits per heavy atom. The van der Waals surface area contributed by atoms with Gasteiger partial charge >= 0.3 is 0 Å². The van der Waals surface area contributed by atoms with Gasteiger partial charge in [-0.15, -0.1) is 0 Å². The Morgan fingerprint density at radius 3 is 2.50 bits per heavy atom. The quantitative estimate of drug-likeness (QED) is 0.703. The fourth-order valence-electron chi connectivity index (χ4n) is 1.22. The van der Waals surface area contributed by atoms with Gasteiger partial charge in [-0.3, -0.25) is 0 Å². The highest BCUT2D eigenvalue weighted by Gasteiger charge is 2.04. The summed E-state index contributed by atoms with van der Waals surface area (Å²) in [6.45, 7) is 2.07. The zero-order valence-corrected chi connectivity index (χ0v) is 8.97. The molecule has 0 spiro atoms. The summed E-state index contributed by atoms with van der Waals surface area (Å²) in [6.07, 6.45) is 1.97. The molecule has 2 rings (SSSR count). The summed E-state index contributed by atoms with van der Waals surface area (Å²) in [4.78, 5) is 0. The monoisotopic (exact) mass is 205 g/mol. The second-order valence-corrected chi connectivity index (χ2v) is 3.91. The van der Waals surface area contributed by atoms with E-state index in [2.05, 4.69) is 36.3 Å². The fraction of sp³-hybridized carbons (Fsp3) is 0.182. The Kier molecular flexibility index (Phi) is 2.59. The van der Waals surface area contributed by atoms with Crippen LogP contribution in [0.3, 0.4) is 0 Å². The summed E-state index contributed by atoms with van der Waals surface area (Å²) in [6, 6.07) is 10.2. The first kappa shape index (κ1) is 9.34. The molecule has 0 saturated carbocycles. The van der Waals surface area contributed by atoms with Crippen molar-refractivity contribution in [3.63, 3.8) is 0 Å². The lowest BCUT2D eigenvalue weighted by Crippen LogP contribution is -1.76. The Hall–Kier alpha value is -1.22. The van der Waals surface area contributed by atoms with Crippen LogP contribution in [0, 0.1) is 6.92 Å². The van der Waals surface area contributed by atoms with Crippen LogP contribution in [0.4, 0.5) is 0 Å². The topological polar surface area (TPSA) is 26.0 Å². The number of nitrogens with zero attached hydrogens (tertiary/aromatic N) is 1. The van der Waals surface area contributed by atoms with E-state index in [0.29, 0.717) is 0 Å². The molecule has 0 amide bonds. The maximum absolute atomic E-state index is 5.11. The molecule has 0 aliphatic carbocycles. The average molecular weight is 205 g/mol. The van der Waals surface area contributed by atoms with E-state index in [-0.39, 0.29) is 0 Å². The number of thioether (sulfide) groups is 1. The predicted octanol–water partition coefficient (Wildman–Crippen LogP) is 3.37. The van der Waals surface area contributed by atoms with Crippen molar-refractivity contribution in [1.82, 2.24) is 5.16 Å². The molecule has 0 aliphatic heterocycles.